The minimum absolute atomic E-state index is 0.00826. The van der Waals surface area contributed by atoms with Crippen molar-refractivity contribution in [2.24, 2.45) is 0 Å². The van der Waals surface area contributed by atoms with Crippen molar-refractivity contribution >= 4 is 66.7 Å². The molecule has 0 radical (unpaired) electrons. The predicted molar refractivity (Wildman–Crippen MR) is 131 cm³/mol. The summed E-state index contributed by atoms with van der Waals surface area (Å²) >= 11 is 15.6. The summed E-state index contributed by atoms with van der Waals surface area (Å²) in [4.78, 5) is 27.3. The molecule has 2 rings (SSSR count). The molecule has 0 heterocycles. The van der Waals surface area contributed by atoms with Crippen LogP contribution in [-0.4, -0.2) is 51.0 Å². The van der Waals surface area contributed by atoms with Gasteiger partial charge in [0.2, 0.25) is 21.8 Å². The van der Waals surface area contributed by atoms with E-state index in [1.165, 1.54) is 11.9 Å². The van der Waals surface area contributed by atoms with Crippen LogP contribution < -0.4 is 9.62 Å². The number of amides is 2. The zero-order valence-corrected chi connectivity index (χ0v) is 21.7. The van der Waals surface area contributed by atoms with E-state index in [1.54, 1.807) is 49.4 Å². The van der Waals surface area contributed by atoms with Crippen LogP contribution in [0.5, 0.6) is 0 Å². The Labute approximate surface area is 206 Å². The summed E-state index contributed by atoms with van der Waals surface area (Å²) in [5.74, 6) is -0.912. The summed E-state index contributed by atoms with van der Waals surface area (Å²) in [6, 6.07) is 10.7. The molecular formula is C21H24BrCl2N3O4S. The summed E-state index contributed by atoms with van der Waals surface area (Å²) in [6.45, 7) is 1.29. The molecule has 11 heteroatoms. The number of likely N-dealkylation sites (N-methyl/N-ethyl adjacent to an activating group) is 1. The number of carbonyl (C=O) groups excluding carboxylic acids is 2. The molecule has 7 nitrogen and oxygen atoms in total. The second kappa shape index (κ2) is 11.4. The number of nitrogens with one attached hydrogen (secondary N) is 1. The molecule has 2 amide bonds. The SMILES string of the molecule is CC[C@@H](C(=O)NC)N(Cc1ccc(Cl)cc1Cl)C(=O)CN(c1ccccc1Br)S(C)(=O)=O. The largest absolute Gasteiger partial charge is 0.357 e. The number of nitrogens with zero attached hydrogens (tertiary/aromatic N) is 2. The van der Waals surface area contributed by atoms with Gasteiger partial charge in [-0.15, -0.1) is 0 Å². The molecule has 0 aliphatic heterocycles. The molecule has 32 heavy (non-hydrogen) atoms. The van der Waals surface area contributed by atoms with Crippen molar-refractivity contribution in [3.8, 4) is 0 Å². The van der Waals surface area contributed by atoms with Gasteiger partial charge in [-0.3, -0.25) is 13.9 Å². The highest BCUT2D eigenvalue weighted by molar-refractivity contribution is 9.10. The lowest BCUT2D eigenvalue weighted by Crippen LogP contribution is -2.51. The molecule has 0 spiro atoms. The van der Waals surface area contributed by atoms with Gasteiger partial charge in [0.05, 0.1) is 11.9 Å². The smallest absolute Gasteiger partial charge is 0.244 e. The highest BCUT2D eigenvalue weighted by Crippen LogP contribution is 2.28. The minimum Gasteiger partial charge on any atom is -0.357 e. The maximum Gasteiger partial charge on any atom is 0.244 e. The molecule has 0 aliphatic rings. The zero-order chi connectivity index (χ0) is 24.1. The van der Waals surface area contributed by atoms with Gasteiger partial charge >= 0.3 is 0 Å². The Kier molecular flexibility index (Phi) is 9.39. The lowest BCUT2D eigenvalue weighted by atomic mass is 10.1. The zero-order valence-electron chi connectivity index (χ0n) is 17.8. The molecule has 1 N–H and O–H groups in total. The predicted octanol–water partition coefficient (Wildman–Crippen LogP) is 4.08. The first-order chi connectivity index (χ1) is 15.0. The van der Waals surface area contributed by atoms with Crippen LogP contribution >= 0.6 is 39.1 Å². The van der Waals surface area contributed by atoms with E-state index in [2.05, 4.69) is 21.2 Å². The molecule has 0 aliphatic carbocycles. The van der Waals surface area contributed by atoms with E-state index in [1.807, 2.05) is 0 Å². The monoisotopic (exact) mass is 563 g/mol. The van der Waals surface area contributed by atoms with Crippen LogP contribution in [0, 0.1) is 0 Å². The third kappa shape index (κ3) is 6.60. The average Bonchev–Trinajstić information content (AvgIpc) is 2.72. The lowest BCUT2D eigenvalue weighted by molar-refractivity contribution is -0.140. The first-order valence-electron chi connectivity index (χ1n) is 9.66. The van der Waals surface area contributed by atoms with E-state index in [9.17, 15) is 18.0 Å². The number of sulfonamides is 1. The van der Waals surface area contributed by atoms with Gasteiger partial charge in [-0.25, -0.2) is 8.42 Å². The van der Waals surface area contributed by atoms with E-state index in [4.69, 9.17) is 23.2 Å². The second-order valence-electron chi connectivity index (χ2n) is 7.02. The number of hydrogen-bond acceptors (Lipinski definition) is 4. The lowest BCUT2D eigenvalue weighted by Gasteiger charge is -2.33. The molecule has 0 bridgehead atoms. The molecule has 0 fully saturated rings. The maximum absolute atomic E-state index is 13.4. The Morgan fingerprint density at radius 2 is 1.81 bits per heavy atom. The third-order valence-corrected chi connectivity index (χ3v) is 7.17. The van der Waals surface area contributed by atoms with Gasteiger partial charge in [0.15, 0.2) is 0 Å². The summed E-state index contributed by atoms with van der Waals surface area (Å²) < 4.78 is 26.6. The van der Waals surface area contributed by atoms with Crippen LogP contribution in [0.2, 0.25) is 10.0 Å². The fourth-order valence-electron chi connectivity index (χ4n) is 3.17. The first-order valence-corrected chi connectivity index (χ1v) is 13.1. The number of hydrogen-bond donors (Lipinski definition) is 1. The Bertz CT molecular complexity index is 1100. The van der Waals surface area contributed by atoms with E-state index in [-0.39, 0.29) is 12.5 Å². The van der Waals surface area contributed by atoms with E-state index in [0.29, 0.717) is 32.2 Å². The number of halogens is 3. The fourth-order valence-corrected chi connectivity index (χ4v) is 5.11. The maximum atomic E-state index is 13.4. The molecular weight excluding hydrogens is 541 g/mol. The summed E-state index contributed by atoms with van der Waals surface area (Å²) in [7, 11) is -2.32. The van der Waals surface area contributed by atoms with Crippen LogP contribution in [0.3, 0.4) is 0 Å². The summed E-state index contributed by atoms with van der Waals surface area (Å²) in [5, 5.41) is 3.34. The third-order valence-electron chi connectivity index (χ3n) is 4.79. The van der Waals surface area contributed by atoms with Crippen molar-refractivity contribution in [1.82, 2.24) is 10.2 Å². The van der Waals surface area contributed by atoms with Crippen molar-refractivity contribution in [2.75, 3.05) is 24.2 Å². The molecule has 2 aromatic rings. The topological polar surface area (TPSA) is 86.8 Å². The van der Waals surface area contributed by atoms with Crippen LogP contribution in [0.1, 0.15) is 18.9 Å². The van der Waals surface area contributed by atoms with E-state index in [0.717, 1.165) is 10.6 Å². The fraction of sp³-hybridized carbons (Fsp3) is 0.333. The van der Waals surface area contributed by atoms with Gasteiger partial charge in [0, 0.05) is 28.1 Å². The molecule has 2 aromatic carbocycles. The van der Waals surface area contributed by atoms with E-state index < -0.39 is 28.5 Å². The Morgan fingerprint density at radius 1 is 1.16 bits per heavy atom. The number of rotatable bonds is 9. The van der Waals surface area contributed by atoms with Gasteiger partial charge in [0.1, 0.15) is 12.6 Å². The van der Waals surface area contributed by atoms with Crippen molar-refractivity contribution in [3.05, 3.63) is 62.5 Å². The van der Waals surface area contributed by atoms with Gasteiger partial charge < -0.3 is 10.2 Å². The van der Waals surface area contributed by atoms with Crippen molar-refractivity contribution in [2.45, 2.75) is 25.9 Å². The summed E-state index contributed by atoms with van der Waals surface area (Å²) in [6.07, 6.45) is 1.35. The Balaban J connectivity index is 2.47. The Hall–Kier alpha value is -1.81. The summed E-state index contributed by atoms with van der Waals surface area (Å²) in [5.41, 5.74) is 0.902. The first kappa shape index (κ1) is 26.4. The van der Waals surface area contributed by atoms with Crippen LogP contribution in [0.4, 0.5) is 5.69 Å². The highest BCUT2D eigenvalue weighted by atomic mass is 79.9. The van der Waals surface area contributed by atoms with Gasteiger partial charge in [-0.05, 0) is 52.2 Å². The number of carbonyl (C=O) groups is 2. The van der Waals surface area contributed by atoms with Crippen molar-refractivity contribution in [3.63, 3.8) is 0 Å². The molecule has 1 atom stereocenters. The quantitative estimate of drug-likeness (QED) is 0.497. The molecule has 174 valence electrons. The van der Waals surface area contributed by atoms with Gasteiger partial charge in [-0.2, -0.15) is 0 Å². The van der Waals surface area contributed by atoms with Crippen molar-refractivity contribution < 1.29 is 18.0 Å². The molecule has 0 aromatic heterocycles. The number of benzene rings is 2. The molecule has 0 unspecified atom stereocenters. The van der Waals surface area contributed by atoms with Crippen LogP contribution in [0.25, 0.3) is 0 Å². The van der Waals surface area contributed by atoms with Gasteiger partial charge in [0.25, 0.3) is 0 Å². The number of anilines is 1. The molecule has 0 saturated heterocycles. The van der Waals surface area contributed by atoms with Crippen molar-refractivity contribution in [1.29, 1.82) is 0 Å². The van der Waals surface area contributed by atoms with E-state index >= 15 is 0 Å². The minimum atomic E-state index is -3.80. The molecule has 0 saturated carbocycles. The average molecular weight is 565 g/mol. The van der Waals surface area contributed by atoms with Gasteiger partial charge in [-0.1, -0.05) is 48.3 Å². The van der Waals surface area contributed by atoms with Crippen LogP contribution in [-0.2, 0) is 26.2 Å². The normalized spacial score (nSPS) is 12.2. The Morgan fingerprint density at radius 3 is 2.34 bits per heavy atom. The second-order valence-corrected chi connectivity index (χ2v) is 10.6. The standard InChI is InChI=1S/C21H24BrCl2N3O4S/c1-4-18(21(29)25-2)26(12-14-9-10-15(23)11-17(14)24)20(28)13-27(32(3,30)31)19-8-6-5-7-16(19)22/h5-11,18H,4,12-13H2,1-3H3,(H,25,29)/t18-/m0/s1. The van der Waals surface area contributed by atoms with Crippen LogP contribution in [0.15, 0.2) is 46.9 Å². The highest BCUT2D eigenvalue weighted by Gasteiger charge is 2.32. The number of para-hydroxylation sites is 1.